The summed E-state index contributed by atoms with van der Waals surface area (Å²) in [5.41, 5.74) is 13.4. The summed E-state index contributed by atoms with van der Waals surface area (Å²) >= 11 is 0. The Morgan fingerprint density at radius 1 is 1.04 bits per heavy atom. The number of hydrogen-bond donors (Lipinski definition) is 0. The SMILES string of the molecule is CCCc1cc2c(c(C3=CC=CC3)c1C)Cc1cc(C)ccc1-2. The minimum Gasteiger partial charge on any atom is -0.0801 e. The van der Waals surface area contributed by atoms with Crippen LogP contribution in [0, 0.1) is 13.8 Å². The van der Waals surface area contributed by atoms with Gasteiger partial charge >= 0.3 is 0 Å². The van der Waals surface area contributed by atoms with Crippen molar-refractivity contribution in [2.75, 3.05) is 0 Å². The third-order valence-electron chi connectivity index (χ3n) is 5.33. The molecule has 23 heavy (non-hydrogen) atoms. The van der Waals surface area contributed by atoms with Gasteiger partial charge in [0.25, 0.3) is 0 Å². The molecule has 2 aromatic rings. The second-order valence-corrected chi connectivity index (χ2v) is 6.97. The quantitative estimate of drug-likeness (QED) is 0.542. The summed E-state index contributed by atoms with van der Waals surface area (Å²) in [7, 11) is 0. The van der Waals surface area contributed by atoms with Crippen molar-refractivity contribution in [3.05, 3.63) is 75.9 Å². The van der Waals surface area contributed by atoms with E-state index in [2.05, 4.69) is 63.3 Å². The van der Waals surface area contributed by atoms with Crippen LogP contribution in [0.1, 0.15) is 53.1 Å². The van der Waals surface area contributed by atoms with E-state index in [1.54, 1.807) is 5.56 Å². The van der Waals surface area contributed by atoms with Gasteiger partial charge in [-0.1, -0.05) is 61.4 Å². The van der Waals surface area contributed by atoms with Gasteiger partial charge in [0.2, 0.25) is 0 Å². The largest absolute Gasteiger partial charge is 0.0801 e. The molecule has 0 aliphatic heterocycles. The molecule has 0 fully saturated rings. The van der Waals surface area contributed by atoms with Crippen molar-refractivity contribution in [2.45, 2.75) is 46.5 Å². The lowest BCUT2D eigenvalue weighted by Crippen LogP contribution is -2.01. The lowest BCUT2D eigenvalue weighted by atomic mass is 9.86. The summed E-state index contributed by atoms with van der Waals surface area (Å²) in [6, 6.07) is 9.42. The van der Waals surface area contributed by atoms with Crippen LogP contribution < -0.4 is 0 Å². The number of benzene rings is 2. The number of rotatable bonds is 3. The summed E-state index contributed by atoms with van der Waals surface area (Å²) in [6.07, 6.45) is 11.3. The highest BCUT2D eigenvalue weighted by molar-refractivity contribution is 5.87. The zero-order valence-corrected chi connectivity index (χ0v) is 14.4. The molecule has 0 nitrogen and oxygen atoms in total. The fraction of sp³-hybridized carbons (Fsp3) is 0.304. The summed E-state index contributed by atoms with van der Waals surface area (Å²) < 4.78 is 0. The maximum Gasteiger partial charge on any atom is -0.000720 e. The Labute approximate surface area is 139 Å². The average molecular weight is 300 g/mol. The van der Waals surface area contributed by atoms with Crippen LogP contribution in [0.3, 0.4) is 0 Å². The molecule has 0 N–H and O–H groups in total. The van der Waals surface area contributed by atoms with Crippen molar-refractivity contribution in [2.24, 2.45) is 0 Å². The molecular weight excluding hydrogens is 276 g/mol. The molecule has 2 aliphatic rings. The molecule has 0 unspecified atom stereocenters. The van der Waals surface area contributed by atoms with Gasteiger partial charge in [-0.15, -0.1) is 0 Å². The lowest BCUT2D eigenvalue weighted by molar-refractivity contribution is 0.910. The van der Waals surface area contributed by atoms with Crippen LogP contribution in [0.15, 0.2) is 42.5 Å². The zero-order chi connectivity index (χ0) is 16.0. The van der Waals surface area contributed by atoms with E-state index < -0.39 is 0 Å². The fourth-order valence-corrected chi connectivity index (χ4v) is 4.23. The molecule has 0 atom stereocenters. The van der Waals surface area contributed by atoms with E-state index >= 15 is 0 Å². The van der Waals surface area contributed by atoms with Crippen molar-refractivity contribution < 1.29 is 0 Å². The van der Waals surface area contributed by atoms with Crippen molar-refractivity contribution in [3.63, 3.8) is 0 Å². The topological polar surface area (TPSA) is 0 Å². The third kappa shape index (κ3) is 2.28. The third-order valence-corrected chi connectivity index (χ3v) is 5.33. The van der Waals surface area contributed by atoms with Crippen molar-refractivity contribution in [1.82, 2.24) is 0 Å². The Morgan fingerprint density at radius 2 is 1.91 bits per heavy atom. The molecule has 0 heteroatoms. The van der Waals surface area contributed by atoms with Gasteiger partial charge in [0.05, 0.1) is 0 Å². The molecular formula is C23H24. The molecule has 0 heterocycles. The van der Waals surface area contributed by atoms with Gasteiger partial charge in [-0.3, -0.25) is 0 Å². The summed E-state index contributed by atoms with van der Waals surface area (Å²) in [5.74, 6) is 0. The molecule has 2 aliphatic carbocycles. The second kappa shape index (κ2) is 5.53. The molecule has 0 spiro atoms. The molecule has 0 amide bonds. The smallest absolute Gasteiger partial charge is 0.000720 e. The summed E-state index contributed by atoms with van der Waals surface area (Å²) in [6.45, 7) is 6.80. The van der Waals surface area contributed by atoms with E-state index in [9.17, 15) is 0 Å². The first kappa shape index (κ1) is 14.5. The first-order chi connectivity index (χ1) is 11.2. The molecule has 0 aromatic heterocycles. The number of aryl methyl sites for hydroxylation is 2. The molecule has 0 saturated heterocycles. The Morgan fingerprint density at radius 3 is 2.65 bits per heavy atom. The maximum absolute atomic E-state index is 2.47. The standard InChI is InChI=1S/C23H24/c1-4-7-18-13-21-20-11-10-15(2)12-19(20)14-22(21)23(16(18)3)17-8-5-6-9-17/h5-6,8,10-13H,4,7,9,14H2,1-3H3. The monoisotopic (exact) mass is 300 g/mol. The zero-order valence-electron chi connectivity index (χ0n) is 14.4. The van der Waals surface area contributed by atoms with Gasteiger partial charge in [0.1, 0.15) is 0 Å². The minimum absolute atomic E-state index is 1.08. The van der Waals surface area contributed by atoms with Crippen LogP contribution in [-0.2, 0) is 12.8 Å². The van der Waals surface area contributed by atoms with E-state index in [4.69, 9.17) is 0 Å². The Kier molecular flexibility index (Phi) is 3.49. The van der Waals surface area contributed by atoms with E-state index in [0.717, 1.165) is 12.8 Å². The van der Waals surface area contributed by atoms with Gasteiger partial charge in [-0.25, -0.2) is 0 Å². The van der Waals surface area contributed by atoms with Crippen LogP contribution >= 0.6 is 0 Å². The minimum atomic E-state index is 1.08. The lowest BCUT2D eigenvalue weighted by Gasteiger charge is -2.18. The van der Waals surface area contributed by atoms with Gasteiger partial charge in [-0.2, -0.15) is 0 Å². The highest BCUT2D eigenvalue weighted by Crippen LogP contribution is 2.44. The van der Waals surface area contributed by atoms with E-state index in [1.807, 2.05) is 0 Å². The molecule has 2 aromatic carbocycles. The number of hydrogen-bond acceptors (Lipinski definition) is 0. The van der Waals surface area contributed by atoms with Gasteiger partial charge < -0.3 is 0 Å². The van der Waals surface area contributed by atoms with Crippen LogP contribution in [0.25, 0.3) is 16.7 Å². The van der Waals surface area contributed by atoms with Crippen molar-refractivity contribution >= 4 is 5.57 Å². The maximum atomic E-state index is 2.47. The summed E-state index contributed by atoms with van der Waals surface area (Å²) in [4.78, 5) is 0. The highest BCUT2D eigenvalue weighted by atomic mass is 14.3. The Hall–Kier alpha value is -2.08. The average Bonchev–Trinajstić information content (AvgIpc) is 3.15. The second-order valence-electron chi connectivity index (χ2n) is 6.97. The van der Waals surface area contributed by atoms with E-state index in [-0.39, 0.29) is 0 Å². The molecule has 4 rings (SSSR count). The number of fused-ring (bicyclic) bond motifs is 3. The van der Waals surface area contributed by atoms with Crippen molar-refractivity contribution in [3.8, 4) is 11.1 Å². The normalized spacial score (nSPS) is 14.8. The first-order valence-corrected chi connectivity index (χ1v) is 8.80. The van der Waals surface area contributed by atoms with Crippen LogP contribution in [-0.4, -0.2) is 0 Å². The predicted molar refractivity (Wildman–Crippen MR) is 99.9 cm³/mol. The van der Waals surface area contributed by atoms with Crippen LogP contribution in [0.5, 0.6) is 0 Å². The highest BCUT2D eigenvalue weighted by Gasteiger charge is 2.25. The fourth-order valence-electron chi connectivity index (χ4n) is 4.23. The molecule has 116 valence electrons. The molecule has 0 bridgehead atoms. The van der Waals surface area contributed by atoms with Gasteiger partial charge in [-0.05, 0) is 77.6 Å². The van der Waals surface area contributed by atoms with Gasteiger partial charge in [0, 0.05) is 0 Å². The summed E-state index contributed by atoms with van der Waals surface area (Å²) in [5, 5.41) is 0. The van der Waals surface area contributed by atoms with Gasteiger partial charge in [0.15, 0.2) is 0 Å². The van der Waals surface area contributed by atoms with E-state index in [1.165, 1.54) is 57.4 Å². The Balaban J connectivity index is 1.96. The van der Waals surface area contributed by atoms with Crippen LogP contribution in [0.2, 0.25) is 0 Å². The first-order valence-electron chi connectivity index (χ1n) is 8.80. The van der Waals surface area contributed by atoms with Crippen LogP contribution in [0.4, 0.5) is 0 Å². The number of allylic oxidation sites excluding steroid dienone is 4. The molecule has 0 saturated carbocycles. The van der Waals surface area contributed by atoms with Crippen molar-refractivity contribution in [1.29, 1.82) is 0 Å². The predicted octanol–water partition coefficient (Wildman–Crippen LogP) is 6.17. The van der Waals surface area contributed by atoms with E-state index in [0.29, 0.717) is 0 Å². The Bertz CT molecular complexity index is 847. The molecule has 0 radical (unpaired) electrons.